The Kier molecular flexibility index (Phi) is 3.68. The maximum Gasteiger partial charge on any atom is 0.324 e. The van der Waals surface area contributed by atoms with Gasteiger partial charge in [-0.05, 0) is 30.5 Å². The number of hydrogen-bond acceptors (Lipinski definition) is 3. The van der Waals surface area contributed by atoms with Crippen LogP contribution in [0.2, 0.25) is 5.02 Å². The molecule has 1 aromatic rings. The van der Waals surface area contributed by atoms with E-state index in [1.165, 1.54) is 4.90 Å². The van der Waals surface area contributed by atoms with Gasteiger partial charge in [0.25, 0.3) is 0 Å². The Morgan fingerprint density at radius 1 is 1.26 bits per heavy atom. The van der Waals surface area contributed by atoms with E-state index in [2.05, 4.69) is 5.32 Å². The quantitative estimate of drug-likeness (QED) is 0.904. The monoisotopic (exact) mass is 334 g/mol. The third-order valence-electron chi connectivity index (χ3n) is 5.06. The van der Waals surface area contributed by atoms with Gasteiger partial charge in [0, 0.05) is 23.0 Å². The van der Waals surface area contributed by atoms with Gasteiger partial charge in [0.1, 0.15) is 5.75 Å². The molecule has 6 heteroatoms. The van der Waals surface area contributed by atoms with E-state index in [4.69, 9.17) is 16.3 Å². The summed E-state index contributed by atoms with van der Waals surface area (Å²) in [5.74, 6) is 0.626. The van der Waals surface area contributed by atoms with Crippen LogP contribution in [0.1, 0.15) is 36.8 Å². The maximum atomic E-state index is 12.8. The Bertz CT molecular complexity index is 676. The van der Waals surface area contributed by atoms with Gasteiger partial charge in [-0.2, -0.15) is 0 Å². The van der Waals surface area contributed by atoms with Crippen molar-refractivity contribution in [3.05, 3.63) is 28.3 Å². The zero-order valence-corrected chi connectivity index (χ0v) is 13.6. The molecule has 0 bridgehead atoms. The molecule has 2 heterocycles. The Labute approximate surface area is 139 Å². The molecule has 0 aromatic heterocycles. The zero-order valence-electron chi connectivity index (χ0n) is 12.8. The minimum Gasteiger partial charge on any atom is -0.493 e. The molecule has 23 heavy (non-hydrogen) atoms. The summed E-state index contributed by atoms with van der Waals surface area (Å²) in [7, 11) is 0. The number of ether oxygens (including phenoxy) is 1. The van der Waals surface area contributed by atoms with E-state index in [0.29, 0.717) is 11.6 Å². The van der Waals surface area contributed by atoms with Crippen molar-refractivity contribution in [3.63, 3.8) is 0 Å². The third-order valence-corrected chi connectivity index (χ3v) is 5.28. The lowest BCUT2D eigenvalue weighted by Crippen LogP contribution is -2.60. The standard InChI is InChI=1S/C17H19ClN2O3/c18-12-7-10-5-6-23-15(10)11(8-12)9-20-16(21)13-3-1-2-4-14(13)19-17(20)22/h7-8,13-14H,1-6,9H2,(H,19,22)/t13-,14+/m0/s1. The number of nitrogens with zero attached hydrogens (tertiary/aromatic N) is 1. The molecule has 1 aromatic carbocycles. The lowest BCUT2D eigenvalue weighted by molar-refractivity contribution is -0.137. The van der Waals surface area contributed by atoms with E-state index in [9.17, 15) is 9.59 Å². The Morgan fingerprint density at radius 2 is 2.09 bits per heavy atom. The highest BCUT2D eigenvalue weighted by molar-refractivity contribution is 6.30. The lowest BCUT2D eigenvalue weighted by Gasteiger charge is -2.40. The Balaban J connectivity index is 1.61. The van der Waals surface area contributed by atoms with Gasteiger partial charge < -0.3 is 10.1 Å². The smallest absolute Gasteiger partial charge is 0.324 e. The highest BCUT2D eigenvalue weighted by Crippen LogP contribution is 2.35. The van der Waals surface area contributed by atoms with Crippen molar-refractivity contribution in [1.82, 2.24) is 10.2 Å². The fourth-order valence-electron chi connectivity index (χ4n) is 3.92. The molecule has 2 fully saturated rings. The number of carbonyl (C=O) groups excluding carboxylic acids is 2. The van der Waals surface area contributed by atoms with E-state index in [1.807, 2.05) is 6.07 Å². The number of imide groups is 1. The summed E-state index contributed by atoms with van der Waals surface area (Å²) < 4.78 is 5.67. The average Bonchev–Trinajstić information content (AvgIpc) is 2.99. The van der Waals surface area contributed by atoms with E-state index in [-0.39, 0.29) is 30.4 Å². The second kappa shape index (κ2) is 5.71. The van der Waals surface area contributed by atoms with E-state index >= 15 is 0 Å². The molecular formula is C17H19ClN2O3. The summed E-state index contributed by atoms with van der Waals surface area (Å²) >= 11 is 6.17. The van der Waals surface area contributed by atoms with Crippen LogP contribution in [-0.2, 0) is 17.8 Å². The summed E-state index contributed by atoms with van der Waals surface area (Å²) in [6.07, 6.45) is 4.68. The highest BCUT2D eigenvalue weighted by atomic mass is 35.5. The number of carbonyl (C=O) groups is 2. The topological polar surface area (TPSA) is 58.6 Å². The van der Waals surface area contributed by atoms with E-state index < -0.39 is 0 Å². The molecular weight excluding hydrogens is 316 g/mol. The second-order valence-corrected chi connectivity index (χ2v) is 6.96. The minimum atomic E-state index is -0.301. The van der Waals surface area contributed by atoms with Crippen LogP contribution < -0.4 is 10.1 Å². The molecule has 2 aliphatic heterocycles. The van der Waals surface area contributed by atoms with Crippen LogP contribution in [0.5, 0.6) is 5.75 Å². The second-order valence-electron chi connectivity index (χ2n) is 6.52. The first-order valence-electron chi connectivity index (χ1n) is 8.19. The maximum absolute atomic E-state index is 12.8. The van der Waals surface area contributed by atoms with Crippen LogP contribution in [-0.4, -0.2) is 29.5 Å². The molecule has 5 nitrogen and oxygen atoms in total. The normalized spacial score (nSPS) is 26.4. The number of fused-ring (bicyclic) bond motifs is 2. The average molecular weight is 335 g/mol. The van der Waals surface area contributed by atoms with Gasteiger partial charge in [-0.3, -0.25) is 9.69 Å². The molecule has 3 aliphatic rings. The fourth-order valence-corrected chi connectivity index (χ4v) is 4.18. The van der Waals surface area contributed by atoms with Crippen LogP contribution in [0.25, 0.3) is 0 Å². The largest absolute Gasteiger partial charge is 0.493 e. The van der Waals surface area contributed by atoms with Gasteiger partial charge >= 0.3 is 6.03 Å². The summed E-state index contributed by atoms with van der Waals surface area (Å²) in [5.41, 5.74) is 1.86. The molecule has 1 saturated heterocycles. The van der Waals surface area contributed by atoms with Gasteiger partial charge in [0.2, 0.25) is 5.91 Å². The summed E-state index contributed by atoms with van der Waals surface area (Å²) in [4.78, 5) is 26.4. The van der Waals surface area contributed by atoms with Crippen molar-refractivity contribution in [2.24, 2.45) is 5.92 Å². The molecule has 4 rings (SSSR count). The molecule has 0 spiro atoms. The number of hydrogen-bond donors (Lipinski definition) is 1. The highest BCUT2D eigenvalue weighted by Gasteiger charge is 2.42. The number of urea groups is 1. The van der Waals surface area contributed by atoms with Crippen molar-refractivity contribution in [3.8, 4) is 5.75 Å². The van der Waals surface area contributed by atoms with Crippen molar-refractivity contribution < 1.29 is 14.3 Å². The van der Waals surface area contributed by atoms with Gasteiger partial charge in [-0.1, -0.05) is 24.4 Å². The third kappa shape index (κ3) is 2.57. The van der Waals surface area contributed by atoms with Crippen LogP contribution >= 0.6 is 11.6 Å². The SMILES string of the molecule is O=C1N[C@@H]2CCCC[C@@H]2C(=O)N1Cc1cc(Cl)cc2c1OCC2. The first kappa shape index (κ1) is 14.8. The number of amides is 3. The molecule has 2 atom stereocenters. The molecule has 0 unspecified atom stereocenters. The van der Waals surface area contributed by atoms with Gasteiger partial charge in [-0.25, -0.2) is 4.79 Å². The van der Waals surface area contributed by atoms with Crippen LogP contribution in [0.15, 0.2) is 12.1 Å². The number of benzene rings is 1. The van der Waals surface area contributed by atoms with Crippen LogP contribution in [0.3, 0.4) is 0 Å². The summed E-state index contributed by atoms with van der Waals surface area (Å²) in [6, 6.07) is 3.38. The Morgan fingerprint density at radius 3 is 2.96 bits per heavy atom. The molecule has 0 radical (unpaired) electrons. The van der Waals surface area contributed by atoms with E-state index in [0.717, 1.165) is 49.0 Å². The number of nitrogens with one attached hydrogen (secondary N) is 1. The van der Waals surface area contributed by atoms with Crippen molar-refractivity contribution in [2.75, 3.05) is 6.61 Å². The van der Waals surface area contributed by atoms with Crippen molar-refractivity contribution >= 4 is 23.5 Å². The zero-order chi connectivity index (χ0) is 16.0. The van der Waals surface area contributed by atoms with Crippen LogP contribution in [0.4, 0.5) is 4.79 Å². The number of rotatable bonds is 2. The minimum absolute atomic E-state index is 0.00123. The predicted octanol–water partition coefficient (Wildman–Crippen LogP) is 2.89. The van der Waals surface area contributed by atoms with Gasteiger partial charge in [0.15, 0.2) is 0 Å². The Hall–Kier alpha value is -1.75. The molecule has 1 N–H and O–H groups in total. The van der Waals surface area contributed by atoms with Gasteiger partial charge in [-0.15, -0.1) is 0 Å². The summed E-state index contributed by atoms with van der Waals surface area (Å²) in [5, 5.41) is 3.61. The predicted molar refractivity (Wildman–Crippen MR) is 85.5 cm³/mol. The van der Waals surface area contributed by atoms with Gasteiger partial charge in [0.05, 0.1) is 19.1 Å². The lowest BCUT2D eigenvalue weighted by atomic mass is 9.82. The number of halogens is 1. The molecule has 3 amide bonds. The first-order valence-corrected chi connectivity index (χ1v) is 8.57. The fraction of sp³-hybridized carbons (Fsp3) is 0.529. The summed E-state index contributed by atoms with van der Waals surface area (Å²) in [6.45, 7) is 0.838. The van der Waals surface area contributed by atoms with Crippen molar-refractivity contribution in [1.29, 1.82) is 0 Å². The molecule has 1 aliphatic carbocycles. The molecule has 122 valence electrons. The van der Waals surface area contributed by atoms with E-state index in [1.54, 1.807) is 6.07 Å². The molecule has 1 saturated carbocycles. The van der Waals surface area contributed by atoms with Crippen molar-refractivity contribution in [2.45, 2.75) is 44.7 Å². The van der Waals surface area contributed by atoms with Crippen LogP contribution in [0, 0.1) is 5.92 Å². The first-order chi connectivity index (χ1) is 11.1.